The van der Waals surface area contributed by atoms with Gasteiger partial charge in [-0.15, -0.1) is 0 Å². The topological polar surface area (TPSA) is 83.1 Å². The Bertz CT molecular complexity index is 878. The van der Waals surface area contributed by atoms with Crippen molar-refractivity contribution in [3.05, 3.63) is 46.2 Å². The van der Waals surface area contributed by atoms with Crippen LogP contribution in [-0.4, -0.2) is 36.0 Å². The van der Waals surface area contributed by atoms with Crippen LogP contribution >= 0.6 is 0 Å². The number of aryl methyl sites for hydroxylation is 1. The standard InChI is InChI=1S/C18H23N3O3S/c1-14-7-8-15(16-9-10-18(22)20-19-16)13-17(14)25(23,24)21-11-5-3-2-4-6-12-21/h7-10,13H,2-6,11-12H2,1H3,(H,20,22). The van der Waals surface area contributed by atoms with Crippen LogP contribution in [0.1, 0.15) is 37.7 Å². The zero-order valence-corrected chi connectivity index (χ0v) is 15.2. The van der Waals surface area contributed by atoms with E-state index < -0.39 is 10.0 Å². The number of hydrogen-bond donors (Lipinski definition) is 1. The van der Waals surface area contributed by atoms with Gasteiger partial charge in [0.2, 0.25) is 10.0 Å². The first-order valence-corrected chi connectivity index (χ1v) is 10.1. The lowest BCUT2D eigenvalue weighted by Crippen LogP contribution is -2.34. The summed E-state index contributed by atoms with van der Waals surface area (Å²) in [6.07, 6.45) is 5.14. The Morgan fingerprint density at radius 3 is 2.32 bits per heavy atom. The Morgan fingerprint density at radius 2 is 1.68 bits per heavy atom. The van der Waals surface area contributed by atoms with Crippen LogP contribution in [-0.2, 0) is 10.0 Å². The predicted octanol–water partition coefficient (Wildman–Crippen LogP) is 2.70. The summed E-state index contributed by atoms with van der Waals surface area (Å²) in [4.78, 5) is 11.5. The fourth-order valence-electron chi connectivity index (χ4n) is 3.14. The average molecular weight is 361 g/mol. The molecule has 2 aromatic rings. The molecule has 0 saturated carbocycles. The number of sulfonamides is 1. The van der Waals surface area contributed by atoms with Gasteiger partial charge in [0.25, 0.3) is 5.56 Å². The third-order valence-corrected chi connectivity index (χ3v) is 6.64. The number of benzene rings is 1. The third kappa shape index (κ3) is 3.99. The maximum Gasteiger partial charge on any atom is 0.264 e. The van der Waals surface area contributed by atoms with Crippen LogP contribution in [0.4, 0.5) is 0 Å². The van der Waals surface area contributed by atoms with Crippen LogP contribution < -0.4 is 5.56 Å². The summed E-state index contributed by atoms with van der Waals surface area (Å²) >= 11 is 0. The lowest BCUT2D eigenvalue weighted by Gasteiger charge is -2.25. The molecule has 1 aromatic carbocycles. The fourth-order valence-corrected chi connectivity index (χ4v) is 4.91. The molecule has 0 bridgehead atoms. The first kappa shape index (κ1) is 17.8. The van der Waals surface area contributed by atoms with Crippen molar-refractivity contribution in [2.45, 2.75) is 43.9 Å². The molecule has 25 heavy (non-hydrogen) atoms. The molecule has 0 spiro atoms. The lowest BCUT2D eigenvalue weighted by atomic mass is 10.1. The maximum atomic E-state index is 13.2. The highest BCUT2D eigenvalue weighted by Crippen LogP contribution is 2.27. The molecular formula is C18H23N3O3S. The highest BCUT2D eigenvalue weighted by Gasteiger charge is 2.26. The maximum absolute atomic E-state index is 13.2. The van der Waals surface area contributed by atoms with Crippen molar-refractivity contribution in [1.29, 1.82) is 0 Å². The molecule has 2 heterocycles. The van der Waals surface area contributed by atoms with Gasteiger partial charge in [0.05, 0.1) is 10.6 Å². The van der Waals surface area contributed by atoms with Gasteiger partial charge in [0.15, 0.2) is 0 Å². The highest BCUT2D eigenvalue weighted by molar-refractivity contribution is 7.89. The Balaban J connectivity index is 1.98. The number of nitrogens with zero attached hydrogens (tertiary/aromatic N) is 2. The summed E-state index contributed by atoms with van der Waals surface area (Å²) in [5, 5.41) is 6.38. The van der Waals surface area contributed by atoms with Gasteiger partial charge in [0, 0.05) is 24.7 Å². The van der Waals surface area contributed by atoms with Gasteiger partial charge in [-0.1, -0.05) is 31.4 Å². The smallest absolute Gasteiger partial charge is 0.264 e. The number of nitrogens with one attached hydrogen (secondary N) is 1. The Morgan fingerprint density at radius 1 is 1.00 bits per heavy atom. The third-order valence-electron chi connectivity index (χ3n) is 4.60. The van der Waals surface area contributed by atoms with E-state index in [1.165, 1.54) is 12.5 Å². The normalized spacial score (nSPS) is 17.0. The van der Waals surface area contributed by atoms with E-state index in [1.807, 2.05) is 6.07 Å². The van der Waals surface area contributed by atoms with Gasteiger partial charge in [-0.05, 0) is 37.5 Å². The molecule has 1 N–H and O–H groups in total. The highest BCUT2D eigenvalue weighted by atomic mass is 32.2. The minimum absolute atomic E-state index is 0.288. The monoisotopic (exact) mass is 361 g/mol. The van der Waals surface area contributed by atoms with E-state index in [0.29, 0.717) is 29.2 Å². The largest absolute Gasteiger partial charge is 0.268 e. The molecular weight excluding hydrogens is 338 g/mol. The molecule has 3 rings (SSSR count). The number of hydrogen-bond acceptors (Lipinski definition) is 4. The molecule has 0 amide bonds. The van der Waals surface area contributed by atoms with Crippen molar-refractivity contribution in [2.24, 2.45) is 0 Å². The summed E-state index contributed by atoms with van der Waals surface area (Å²) in [6.45, 7) is 2.95. The van der Waals surface area contributed by atoms with Crippen LogP contribution in [0.5, 0.6) is 0 Å². The van der Waals surface area contributed by atoms with Gasteiger partial charge in [-0.2, -0.15) is 9.40 Å². The van der Waals surface area contributed by atoms with Crippen LogP contribution in [0.2, 0.25) is 0 Å². The molecule has 0 atom stereocenters. The molecule has 0 aliphatic carbocycles. The van der Waals surface area contributed by atoms with Crippen molar-refractivity contribution in [3.8, 4) is 11.3 Å². The molecule has 6 nitrogen and oxygen atoms in total. The summed E-state index contributed by atoms with van der Waals surface area (Å²) in [6, 6.07) is 8.25. The van der Waals surface area contributed by atoms with E-state index in [9.17, 15) is 13.2 Å². The van der Waals surface area contributed by atoms with E-state index in [2.05, 4.69) is 10.2 Å². The molecule has 1 aromatic heterocycles. The van der Waals surface area contributed by atoms with Crippen LogP contribution in [0.15, 0.2) is 40.0 Å². The van der Waals surface area contributed by atoms with E-state index in [1.54, 1.807) is 29.4 Å². The Labute approximate surface area is 147 Å². The quantitative estimate of drug-likeness (QED) is 0.911. The molecule has 7 heteroatoms. The molecule has 0 unspecified atom stereocenters. The summed E-state index contributed by atoms with van der Waals surface area (Å²) in [5.74, 6) is 0. The van der Waals surface area contributed by atoms with E-state index >= 15 is 0 Å². The molecule has 1 saturated heterocycles. The first-order valence-electron chi connectivity index (χ1n) is 8.65. The number of aromatic nitrogens is 2. The van der Waals surface area contributed by atoms with Gasteiger partial charge in [-0.25, -0.2) is 13.5 Å². The van der Waals surface area contributed by atoms with Crippen molar-refractivity contribution >= 4 is 10.0 Å². The number of H-pyrrole nitrogens is 1. The zero-order chi connectivity index (χ0) is 17.9. The zero-order valence-electron chi connectivity index (χ0n) is 14.4. The molecule has 1 fully saturated rings. The first-order chi connectivity index (χ1) is 12.0. The SMILES string of the molecule is Cc1ccc(-c2ccc(=O)[nH]n2)cc1S(=O)(=O)N1CCCCCCC1. The van der Waals surface area contributed by atoms with Crippen molar-refractivity contribution in [1.82, 2.24) is 14.5 Å². The van der Waals surface area contributed by atoms with Crippen LogP contribution in [0.3, 0.4) is 0 Å². The predicted molar refractivity (Wildman–Crippen MR) is 96.9 cm³/mol. The molecule has 134 valence electrons. The van der Waals surface area contributed by atoms with Crippen molar-refractivity contribution < 1.29 is 8.42 Å². The van der Waals surface area contributed by atoms with Gasteiger partial charge >= 0.3 is 0 Å². The van der Waals surface area contributed by atoms with E-state index in [4.69, 9.17) is 0 Å². The minimum Gasteiger partial charge on any atom is -0.268 e. The van der Waals surface area contributed by atoms with Crippen molar-refractivity contribution in [2.75, 3.05) is 13.1 Å². The van der Waals surface area contributed by atoms with Gasteiger partial charge in [0.1, 0.15) is 0 Å². The van der Waals surface area contributed by atoms with Crippen LogP contribution in [0, 0.1) is 6.92 Å². The molecule has 1 aliphatic rings. The minimum atomic E-state index is -3.54. The van der Waals surface area contributed by atoms with Gasteiger partial charge in [-0.3, -0.25) is 4.79 Å². The summed E-state index contributed by atoms with van der Waals surface area (Å²) in [7, 11) is -3.54. The second-order valence-corrected chi connectivity index (χ2v) is 8.36. The van der Waals surface area contributed by atoms with Gasteiger partial charge < -0.3 is 0 Å². The Hall–Kier alpha value is -1.99. The Kier molecular flexibility index (Phi) is 5.34. The van der Waals surface area contributed by atoms with Crippen molar-refractivity contribution in [3.63, 3.8) is 0 Å². The van der Waals surface area contributed by atoms with E-state index in [0.717, 1.165) is 31.2 Å². The summed E-state index contributed by atoms with van der Waals surface area (Å²) < 4.78 is 27.9. The fraction of sp³-hybridized carbons (Fsp3) is 0.444. The molecule has 1 aliphatic heterocycles. The molecule has 0 radical (unpaired) electrons. The number of aromatic amines is 1. The lowest BCUT2D eigenvalue weighted by molar-refractivity contribution is 0.364. The average Bonchev–Trinajstić information content (AvgIpc) is 2.55. The van der Waals surface area contributed by atoms with E-state index in [-0.39, 0.29) is 5.56 Å². The summed E-state index contributed by atoms with van der Waals surface area (Å²) in [5.41, 5.74) is 1.65. The van der Waals surface area contributed by atoms with Crippen LogP contribution in [0.25, 0.3) is 11.3 Å². The second kappa shape index (κ2) is 7.49. The second-order valence-electron chi connectivity index (χ2n) is 6.46. The number of rotatable bonds is 3.